The van der Waals surface area contributed by atoms with E-state index in [0.29, 0.717) is 18.1 Å². The molecule has 1 aromatic carbocycles. The highest BCUT2D eigenvalue weighted by Gasteiger charge is 2.42. The maximum Gasteiger partial charge on any atom is 0.243 e. The fourth-order valence-electron chi connectivity index (χ4n) is 5.06. The lowest BCUT2D eigenvalue weighted by molar-refractivity contribution is -0.129. The Balaban J connectivity index is 1.28. The number of nitrogens with one attached hydrogen (secondary N) is 2. The minimum atomic E-state index is -0.465. The Labute approximate surface area is 164 Å². The summed E-state index contributed by atoms with van der Waals surface area (Å²) in [5.41, 5.74) is 0.928. The van der Waals surface area contributed by atoms with Gasteiger partial charge in [0.1, 0.15) is 11.9 Å². The molecule has 1 aromatic rings. The number of carbonyl (C=O) groups excluding carboxylic acids is 2. The number of amides is 2. The molecule has 4 rings (SSSR count). The largest absolute Gasteiger partial charge is 0.352 e. The second-order valence-corrected chi connectivity index (χ2v) is 9.59. The first kappa shape index (κ1) is 18.8. The Morgan fingerprint density at radius 1 is 1.30 bits per heavy atom. The molecule has 146 valence electrons. The van der Waals surface area contributed by atoms with Crippen molar-refractivity contribution in [3.63, 3.8) is 0 Å². The van der Waals surface area contributed by atoms with Crippen LogP contribution in [0.2, 0.25) is 0 Å². The van der Waals surface area contributed by atoms with Gasteiger partial charge in [0.15, 0.2) is 0 Å². The van der Waals surface area contributed by atoms with Crippen molar-refractivity contribution in [3.8, 4) is 0 Å². The van der Waals surface area contributed by atoms with Crippen molar-refractivity contribution < 1.29 is 14.0 Å². The highest BCUT2D eigenvalue weighted by molar-refractivity contribution is 8.00. The van der Waals surface area contributed by atoms with Crippen LogP contribution in [-0.2, 0) is 16.0 Å². The molecule has 6 heteroatoms. The number of thioether (sulfide) groups is 1. The van der Waals surface area contributed by atoms with E-state index in [1.165, 1.54) is 49.6 Å². The molecule has 6 atom stereocenters. The van der Waals surface area contributed by atoms with E-state index in [1.54, 1.807) is 12.1 Å². The number of halogens is 1. The zero-order chi connectivity index (χ0) is 19.0. The van der Waals surface area contributed by atoms with E-state index < -0.39 is 6.04 Å². The average Bonchev–Trinajstić information content (AvgIpc) is 3.28. The number of carbonyl (C=O) groups is 2. The predicted octanol–water partition coefficient (Wildman–Crippen LogP) is 2.91. The molecule has 0 radical (unpaired) electrons. The normalized spacial score (nSPS) is 33.6. The molecule has 2 saturated carbocycles. The maximum atomic E-state index is 13.0. The van der Waals surface area contributed by atoms with Crippen molar-refractivity contribution in [2.24, 2.45) is 17.8 Å². The number of hydrogen-bond donors (Lipinski definition) is 2. The maximum absolute atomic E-state index is 13.0. The van der Waals surface area contributed by atoms with Crippen LogP contribution in [0.5, 0.6) is 0 Å². The monoisotopic (exact) mass is 390 g/mol. The summed E-state index contributed by atoms with van der Waals surface area (Å²) in [6.07, 6.45) is 5.76. The van der Waals surface area contributed by atoms with E-state index in [4.69, 9.17) is 0 Å². The zero-order valence-electron chi connectivity index (χ0n) is 15.6. The molecule has 2 bridgehead atoms. The summed E-state index contributed by atoms with van der Waals surface area (Å²) in [6, 6.07) is 5.94. The zero-order valence-corrected chi connectivity index (χ0v) is 16.4. The lowest BCUT2D eigenvalue weighted by Gasteiger charge is -2.32. The Morgan fingerprint density at radius 3 is 2.70 bits per heavy atom. The van der Waals surface area contributed by atoms with Gasteiger partial charge in [0.05, 0.1) is 5.25 Å². The van der Waals surface area contributed by atoms with Crippen molar-refractivity contribution >= 4 is 23.6 Å². The molecule has 2 N–H and O–H groups in total. The van der Waals surface area contributed by atoms with Gasteiger partial charge in [-0.25, -0.2) is 4.39 Å². The first-order valence-electron chi connectivity index (χ1n) is 9.96. The Hall–Kier alpha value is -1.56. The molecular weight excluding hydrogens is 363 g/mol. The molecule has 0 unspecified atom stereocenters. The second-order valence-electron chi connectivity index (χ2n) is 8.35. The SMILES string of the molecule is C[C@H](NC(=O)[C@@H]1CS[C@H](Cc2ccc(F)cc2)C(=O)N1)[C@H]1C[C@H]2CC[C@H]1C2. The Kier molecular flexibility index (Phi) is 5.44. The van der Waals surface area contributed by atoms with Gasteiger partial charge in [-0.2, -0.15) is 0 Å². The molecular formula is C21H27FN2O2S. The van der Waals surface area contributed by atoms with Gasteiger partial charge in [0.2, 0.25) is 11.8 Å². The van der Waals surface area contributed by atoms with Crippen LogP contribution in [0, 0.1) is 23.6 Å². The minimum Gasteiger partial charge on any atom is -0.352 e. The first-order valence-corrected chi connectivity index (χ1v) is 11.0. The molecule has 1 aliphatic heterocycles. The van der Waals surface area contributed by atoms with Crippen LogP contribution >= 0.6 is 11.8 Å². The quantitative estimate of drug-likeness (QED) is 0.813. The molecule has 2 aliphatic carbocycles. The summed E-state index contributed by atoms with van der Waals surface area (Å²) in [5.74, 6) is 2.34. The Morgan fingerprint density at radius 2 is 2.07 bits per heavy atom. The number of hydrogen-bond acceptors (Lipinski definition) is 3. The third-order valence-electron chi connectivity index (χ3n) is 6.53. The van der Waals surface area contributed by atoms with Gasteiger partial charge < -0.3 is 10.6 Å². The van der Waals surface area contributed by atoms with Crippen LogP contribution in [0.15, 0.2) is 24.3 Å². The van der Waals surface area contributed by atoms with Gasteiger partial charge in [-0.3, -0.25) is 9.59 Å². The third-order valence-corrected chi connectivity index (χ3v) is 7.84. The van der Waals surface area contributed by atoms with Crippen LogP contribution in [0.25, 0.3) is 0 Å². The van der Waals surface area contributed by atoms with Crippen LogP contribution in [0.1, 0.15) is 38.2 Å². The van der Waals surface area contributed by atoms with E-state index in [0.717, 1.165) is 17.4 Å². The molecule has 3 aliphatic rings. The van der Waals surface area contributed by atoms with Gasteiger partial charge in [-0.15, -0.1) is 11.8 Å². The molecule has 0 spiro atoms. The van der Waals surface area contributed by atoms with E-state index in [9.17, 15) is 14.0 Å². The summed E-state index contributed by atoms with van der Waals surface area (Å²) in [6.45, 7) is 2.11. The lowest BCUT2D eigenvalue weighted by Crippen LogP contribution is -2.56. The molecule has 27 heavy (non-hydrogen) atoms. The molecule has 2 amide bonds. The van der Waals surface area contributed by atoms with Gasteiger partial charge in [0, 0.05) is 11.8 Å². The minimum absolute atomic E-state index is 0.0636. The summed E-state index contributed by atoms with van der Waals surface area (Å²) < 4.78 is 13.0. The number of rotatable bonds is 5. The van der Waals surface area contributed by atoms with Gasteiger partial charge in [0.25, 0.3) is 0 Å². The van der Waals surface area contributed by atoms with Crippen LogP contribution in [0.4, 0.5) is 4.39 Å². The molecule has 1 heterocycles. The highest BCUT2D eigenvalue weighted by Crippen LogP contribution is 2.49. The van der Waals surface area contributed by atoms with E-state index in [1.807, 2.05) is 0 Å². The van der Waals surface area contributed by atoms with E-state index >= 15 is 0 Å². The van der Waals surface area contributed by atoms with Crippen molar-refractivity contribution in [2.75, 3.05) is 5.75 Å². The molecule has 4 nitrogen and oxygen atoms in total. The predicted molar refractivity (Wildman–Crippen MR) is 105 cm³/mol. The standard InChI is InChI=1S/C21H27FN2O2S/c1-12(17-9-14-2-5-15(17)8-14)23-20(25)18-11-27-19(21(26)24-18)10-13-3-6-16(22)7-4-13/h3-4,6-7,12,14-15,17-19H,2,5,8-11H2,1H3,(H,23,25)(H,24,26)/t12-,14-,15-,17+,18-,19+/m0/s1. The molecule has 0 aromatic heterocycles. The van der Waals surface area contributed by atoms with Gasteiger partial charge in [-0.05, 0) is 68.1 Å². The van der Waals surface area contributed by atoms with E-state index in [2.05, 4.69) is 17.6 Å². The summed E-state index contributed by atoms with van der Waals surface area (Å²) in [4.78, 5) is 25.1. The molecule has 3 fully saturated rings. The fourth-order valence-corrected chi connectivity index (χ4v) is 6.25. The smallest absolute Gasteiger partial charge is 0.243 e. The summed E-state index contributed by atoms with van der Waals surface area (Å²) >= 11 is 1.51. The van der Waals surface area contributed by atoms with Crippen LogP contribution in [-0.4, -0.2) is 34.9 Å². The van der Waals surface area contributed by atoms with Crippen molar-refractivity contribution in [3.05, 3.63) is 35.6 Å². The van der Waals surface area contributed by atoms with Crippen LogP contribution in [0.3, 0.4) is 0 Å². The van der Waals surface area contributed by atoms with Gasteiger partial charge >= 0.3 is 0 Å². The van der Waals surface area contributed by atoms with Crippen molar-refractivity contribution in [2.45, 2.75) is 56.4 Å². The fraction of sp³-hybridized carbons (Fsp3) is 0.619. The highest BCUT2D eigenvalue weighted by atomic mass is 32.2. The second kappa shape index (κ2) is 7.82. The van der Waals surface area contributed by atoms with E-state index in [-0.39, 0.29) is 28.9 Å². The number of benzene rings is 1. The molecule has 1 saturated heterocycles. The van der Waals surface area contributed by atoms with Crippen LogP contribution < -0.4 is 10.6 Å². The lowest BCUT2D eigenvalue weighted by atomic mass is 9.84. The Bertz CT molecular complexity index is 711. The average molecular weight is 391 g/mol. The summed E-state index contributed by atoms with van der Waals surface area (Å²) in [7, 11) is 0. The third kappa shape index (κ3) is 4.15. The summed E-state index contributed by atoms with van der Waals surface area (Å²) in [5, 5.41) is 5.81. The van der Waals surface area contributed by atoms with Crippen molar-refractivity contribution in [1.82, 2.24) is 10.6 Å². The van der Waals surface area contributed by atoms with Crippen molar-refractivity contribution in [1.29, 1.82) is 0 Å². The number of fused-ring (bicyclic) bond motifs is 2. The topological polar surface area (TPSA) is 58.2 Å². The van der Waals surface area contributed by atoms with Gasteiger partial charge in [-0.1, -0.05) is 18.6 Å². The first-order chi connectivity index (χ1) is 13.0.